The molecule has 0 spiro atoms. The zero-order valence-corrected chi connectivity index (χ0v) is 18.9. The quantitative estimate of drug-likeness (QED) is 0.299. The fourth-order valence-electron chi connectivity index (χ4n) is 3.28. The summed E-state index contributed by atoms with van der Waals surface area (Å²) >= 11 is 0. The summed E-state index contributed by atoms with van der Waals surface area (Å²) in [5, 5.41) is 19.2. The normalized spacial score (nSPS) is 12.5. The predicted molar refractivity (Wildman–Crippen MR) is 107 cm³/mol. The van der Waals surface area contributed by atoms with Gasteiger partial charge in [-0.1, -0.05) is 12.1 Å². The maximum Gasteiger partial charge on any atom is 1.00 e. The van der Waals surface area contributed by atoms with Crippen LogP contribution in [0.25, 0.3) is 11.2 Å². The standard InChI is InChI=1S/C19H18N6O5.Na.H/c1-9(26)6-19(17(29)30,11-4-2-10(3-5-11)16(27)28)7-12-8-22-15-13(23-12)14(20)24-18(21)25-15;;/h2-5,8H,6-7H2,1H3,(H,27,28)(H,29,30)(H4,20,21,22,24,25);;/q;+1;-1. The molecule has 1 unspecified atom stereocenters. The van der Waals surface area contributed by atoms with Gasteiger partial charge in [-0.15, -0.1) is 0 Å². The number of carboxylic acids is 2. The fourth-order valence-corrected chi connectivity index (χ4v) is 3.28. The van der Waals surface area contributed by atoms with Gasteiger partial charge in [-0.2, -0.15) is 9.97 Å². The van der Waals surface area contributed by atoms with Gasteiger partial charge in [-0.3, -0.25) is 9.59 Å². The van der Waals surface area contributed by atoms with E-state index in [1.165, 1.54) is 37.4 Å². The number of fused-ring (bicyclic) bond motifs is 1. The molecule has 11 nitrogen and oxygen atoms in total. The summed E-state index contributed by atoms with van der Waals surface area (Å²) in [7, 11) is 0. The summed E-state index contributed by atoms with van der Waals surface area (Å²) < 4.78 is 0. The third-order valence-corrected chi connectivity index (χ3v) is 4.63. The Kier molecular flexibility index (Phi) is 7.26. The summed E-state index contributed by atoms with van der Waals surface area (Å²) in [6.45, 7) is 1.28. The topological polar surface area (TPSA) is 195 Å². The molecule has 1 aromatic carbocycles. The Morgan fingerprint density at radius 1 is 1.06 bits per heavy atom. The smallest absolute Gasteiger partial charge is 1.00 e. The number of aromatic nitrogens is 4. The number of benzene rings is 1. The molecule has 0 radical (unpaired) electrons. The first-order valence-electron chi connectivity index (χ1n) is 8.73. The van der Waals surface area contributed by atoms with Crippen LogP contribution in [0.4, 0.5) is 11.8 Å². The number of nitrogens with two attached hydrogens (primary N) is 2. The minimum Gasteiger partial charge on any atom is -1.00 e. The van der Waals surface area contributed by atoms with Gasteiger partial charge in [0.05, 0.1) is 17.5 Å². The molecule has 31 heavy (non-hydrogen) atoms. The molecule has 0 aliphatic rings. The molecule has 2 aromatic heterocycles. The van der Waals surface area contributed by atoms with Crippen LogP contribution in [0, 0.1) is 0 Å². The van der Waals surface area contributed by atoms with Crippen molar-refractivity contribution in [3.63, 3.8) is 0 Å². The second kappa shape index (κ2) is 9.33. The average Bonchev–Trinajstić information content (AvgIpc) is 2.67. The van der Waals surface area contributed by atoms with E-state index >= 15 is 0 Å². The molecule has 0 aliphatic heterocycles. The van der Waals surface area contributed by atoms with E-state index in [0.29, 0.717) is 0 Å². The molecule has 0 saturated carbocycles. The van der Waals surface area contributed by atoms with Gasteiger partial charge in [0.2, 0.25) is 5.95 Å². The maximum absolute atomic E-state index is 12.4. The number of nitrogens with zero attached hydrogens (tertiary/aromatic N) is 4. The Morgan fingerprint density at radius 3 is 2.26 bits per heavy atom. The molecule has 3 rings (SSSR count). The van der Waals surface area contributed by atoms with Gasteiger partial charge in [0, 0.05) is 12.8 Å². The van der Waals surface area contributed by atoms with E-state index in [-0.39, 0.29) is 89.4 Å². The number of Topliss-reactive ketones (excluding diaryl/α,β-unsaturated/α-hetero) is 1. The number of ketones is 1. The zero-order chi connectivity index (χ0) is 22.1. The molecule has 0 fully saturated rings. The van der Waals surface area contributed by atoms with Crippen LogP contribution in [0.3, 0.4) is 0 Å². The van der Waals surface area contributed by atoms with Crippen LogP contribution in [0.2, 0.25) is 0 Å². The number of hydrogen-bond acceptors (Lipinski definition) is 9. The number of aliphatic carboxylic acids is 1. The van der Waals surface area contributed by atoms with Crippen LogP contribution in [0.5, 0.6) is 0 Å². The third kappa shape index (κ3) is 4.95. The minimum atomic E-state index is -1.69. The first-order chi connectivity index (χ1) is 14.1. The molecule has 12 heteroatoms. The van der Waals surface area contributed by atoms with Gasteiger partial charge in [0.25, 0.3) is 0 Å². The van der Waals surface area contributed by atoms with E-state index in [1.807, 2.05) is 0 Å². The Balaban J connectivity index is 0.00000256. The monoisotopic (exact) mass is 434 g/mol. The molecule has 0 saturated heterocycles. The molecule has 0 amide bonds. The van der Waals surface area contributed by atoms with Gasteiger partial charge in [0.15, 0.2) is 17.0 Å². The molecular weight excluding hydrogens is 415 g/mol. The van der Waals surface area contributed by atoms with E-state index in [0.717, 1.165) is 0 Å². The SMILES string of the molecule is CC(=O)CC(Cc1cnc2nc(N)nc(N)c2n1)(C(=O)O)c1ccc(C(=O)O)cc1.[H-].[Na+]. The van der Waals surface area contributed by atoms with Crippen LogP contribution in [0.15, 0.2) is 30.5 Å². The number of nitrogen functional groups attached to an aromatic ring is 2. The van der Waals surface area contributed by atoms with E-state index in [1.54, 1.807) is 0 Å². The second-order valence-electron chi connectivity index (χ2n) is 6.83. The van der Waals surface area contributed by atoms with Crippen molar-refractivity contribution in [1.82, 2.24) is 19.9 Å². The molecule has 2 heterocycles. The van der Waals surface area contributed by atoms with E-state index in [2.05, 4.69) is 19.9 Å². The Labute approximate surface area is 199 Å². The van der Waals surface area contributed by atoms with Crippen molar-refractivity contribution in [2.24, 2.45) is 0 Å². The molecular formula is C19H19N6NaO5. The van der Waals surface area contributed by atoms with Crippen molar-refractivity contribution in [2.45, 2.75) is 25.2 Å². The number of rotatable bonds is 7. The number of anilines is 2. The largest absolute Gasteiger partial charge is 1.00 e. The summed E-state index contributed by atoms with van der Waals surface area (Å²) in [5.74, 6) is -2.85. The van der Waals surface area contributed by atoms with Crippen LogP contribution in [-0.2, 0) is 21.4 Å². The molecule has 3 aromatic rings. The number of carboxylic acid groups (broad SMARTS) is 2. The summed E-state index contributed by atoms with van der Waals surface area (Å²) in [4.78, 5) is 51.7. The van der Waals surface area contributed by atoms with Crippen molar-refractivity contribution in [2.75, 3.05) is 11.5 Å². The van der Waals surface area contributed by atoms with E-state index in [9.17, 15) is 19.5 Å². The summed E-state index contributed by atoms with van der Waals surface area (Å²) in [5.41, 5.74) is 10.5. The van der Waals surface area contributed by atoms with Crippen LogP contribution < -0.4 is 41.0 Å². The van der Waals surface area contributed by atoms with Gasteiger partial charge in [-0.05, 0) is 24.6 Å². The number of aromatic carboxylic acids is 1. The van der Waals surface area contributed by atoms with E-state index in [4.69, 9.17) is 16.6 Å². The van der Waals surface area contributed by atoms with Crippen LogP contribution in [0.1, 0.15) is 36.4 Å². The fraction of sp³-hybridized carbons (Fsp3) is 0.211. The van der Waals surface area contributed by atoms with Crippen LogP contribution >= 0.6 is 0 Å². The van der Waals surface area contributed by atoms with E-state index < -0.39 is 17.4 Å². The van der Waals surface area contributed by atoms with Crippen LogP contribution in [-0.4, -0.2) is 47.9 Å². The van der Waals surface area contributed by atoms with Crippen molar-refractivity contribution in [3.05, 3.63) is 47.3 Å². The number of carbonyl (C=O) groups is 3. The third-order valence-electron chi connectivity index (χ3n) is 4.63. The molecule has 0 bridgehead atoms. The summed E-state index contributed by atoms with van der Waals surface area (Å²) in [6.07, 6.45) is 0.806. The second-order valence-corrected chi connectivity index (χ2v) is 6.83. The maximum atomic E-state index is 12.4. The first kappa shape index (κ1) is 24.1. The first-order valence-corrected chi connectivity index (χ1v) is 8.73. The van der Waals surface area contributed by atoms with Crippen molar-refractivity contribution in [1.29, 1.82) is 0 Å². The average molecular weight is 434 g/mol. The van der Waals surface area contributed by atoms with Crippen molar-refractivity contribution < 1.29 is 55.6 Å². The Morgan fingerprint density at radius 2 is 1.71 bits per heavy atom. The molecule has 6 N–H and O–H groups in total. The Hall–Kier alpha value is -3.15. The van der Waals surface area contributed by atoms with Gasteiger partial charge >= 0.3 is 41.5 Å². The zero-order valence-electron chi connectivity index (χ0n) is 17.9. The molecule has 0 aliphatic carbocycles. The number of hydrogen-bond donors (Lipinski definition) is 4. The predicted octanol–water partition coefficient (Wildman–Crippen LogP) is -2.06. The summed E-state index contributed by atoms with van der Waals surface area (Å²) in [6, 6.07) is 5.34. The van der Waals surface area contributed by atoms with Gasteiger partial charge in [0.1, 0.15) is 11.2 Å². The minimum absolute atomic E-state index is 0. The Bertz CT molecular complexity index is 1180. The van der Waals surface area contributed by atoms with Crippen molar-refractivity contribution in [3.8, 4) is 0 Å². The van der Waals surface area contributed by atoms with Crippen molar-refractivity contribution >= 4 is 40.7 Å². The van der Waals surface area contributed by atoms with Gasteiger partial charge in [-0.25, -0.2) is 14.8 Å². The molecule has 1 atom stereocenters. The van der Waals surface area contributed by atoms with Gasteiger partial charge < -0.3 is 23.1 Å². The molecule has 156 valence electrons. The number of carbonyl (C=O) groups excluding carboxylic acids is 1.